The Morgan fingerprint density at radius 3 is 2.38 bits per heavy atom. The summed E-state index contributed by atoms with van der Waals surface area (Å²) >= 11 is 0. The van der Waals surface area contributed by atoms with Crippen LogP contribution in [-0.2, 0) is 0 Å². The van der Waals surface area contributed by atoms with Crippen molar-refractivity contribution in [3.8, 4) is 5.75 Å². The molecule has 6 heteroatoms. The Hall–Kier alpha value is -2.24. The van der Waals surface area contributed by atoms with E-state index < -0.39 is 0 Å². The van der Waals surface area contributed by atoms with Gasteiger partial charge in [0.15, 0.2) is 0 Å². The van der Waals surface area contributed by atoms with E-state index in [2.05, 4.69) is 10.6 Å². The molecule has 1 heterocycles. The van der Waals surface area contributed by atoms with Crippen molar-refractivity contribution >= 4 is 17.6 Å². The quantitative estimate of drug-likeness (QED) is 0.866. The standard InChI is InChI=1S/C20H29N3O3/c1-21-18(24)15-6-7-16(17(14-15)26-2)22-19(25)23-12-10-20(11-13-23)8-4-3-5-9-20/h6-7,14H,3-5,8-13H2,1-2H3,(H,21,24)(H,22,25). The van der Waals surface area contributed by atoms with Crippen molar-refractivity contribution in [3.63, 3.8) is 0 Å². The molecule has 1 saturated heterocycles. The molecule has 142 valence electrons. The van der Waals surface area contributed by atoms with Crippen molar-refractivity contribution < 1.29 is 14.3 Å². The van der Waals surface area contributed by atoms with Crippen molar-refractivity contribution in [1.82, 2.24) is 10.2 Å². The topological polar surface area (TPSA) is 70.7 Å². The zero-order chi connectivity index (χ0) is 18.6. The average molecular weight is 359 g/mol. The third-order valence-electron chi connectivity index (χ3n) is 5.96. The van der Waals surface area contributed by atoms with E-state index in [9.17, 15) is 9.59 Å². The summed E-state index contributed by atoms with van der Waals surface area (Å²) in [7, 11) is 3.12. The fourth-order valence-corrected chi connectivity index (χ4v) is 4.26. The van der Waals surface area contributed by atoms with Gasteiger partial charge in [0.05, 0.1) is 12.8 Å². The van der Waals surface area contributed by atoms with E-state index in [4.69, 9.17) is 4.74 Å². The molecule has 2 N–H and O–H groups in total. The lowest BCUT2D eigenvalue weighted by Gasteiger charge is -2.44. The molecule has 0 bridgehead atoms. The minimum absolute atomic E-state index is 0.0957. The highest BCUT2D eigenvalue weighted by molar-refractivity contribution is 5.96. The Morgan fingerprint density at radius 1 is 1.08 bits per heavy atom. The van der Waals surface area contributed by atoms with Gasteiger partial charge in [0, 0.05) is 25.7 Å². The maximum atomic E-state index is 12.7. The van der Waals surface area contributed by atoms with Crippen LogP contribution in [0.4, 0.5) is 10.5 Å². The van der Waals surface area contributed by atoms with Gasteiger partial charge < -0.3 is 20.3 Å². The Balaban J connectivity index is 1.62. The minimum Gasteiger partial charge on any atom is -0.495 e. The molecular weight excluding hydrogens is 330 g/mol. The molecule has 1 aliphatic carbocycles. The molecule has 26 heavy (non-hydrogen) atoms. The molecule has 6 nitrogen and oxygen atoms in total. The van der Waals surface area contributed by atoms with Gasteiger partial charge in [-0.2, -0.15) is 0 Å². The van der Waals surface area contributed by atoms with Crippen molar-refractivity contribution in [2.45, 2.75) is 44.9 Å². The Kier molecular flexibility index (Phi) is 5.69. The number of anilines is 1. The van der Waals surface area contributed by atoms with E-state index in [0.29, 0.717) is 22.4 Å². The van der Waals surface area contributed by atoms with Gasteiger partial charge in [0.25, 0.3) is 5.91 Å². The first kappa shape index (κ1) is 18.5. The van der Waals surface area contributed by atoms with Gasteiger partial charge in [0.2, 0.25) is 0 Å². The van der Waals surface area contributed by atoms with Crippen LogP contribution in [0.1, 0.15) is 55.3 Å². The summed E-state index contributed by atoms with van der Waals surface area (Å²) in [6, 6.07) is 4.95. The predicted molar refractivity (Wildman–Crippen MR) is 102 cm³/mol. The molecular formula is C20H29N3O3. The number of benzene rings is 1. The van der Waals surface area contributed by atoms with Crippen LogP contribution >= 0.6 is 0 Å². The summed E-state index contributed by atoms with van der Waals surface area (Å²) in [4.78, 5) is 26.3. The third kappa shape index (κ3) is 3.94. The lowest BCUT2D eigenvalue weighted by molar-refractivity contribution is 0.0849. The Morgan fingerprint density at radius 2 is 1.77 bits per heavy atom. The first-order chi connectivity index (χ1) is 12.6. The van der Waals surface area contributed by atoms with E-state index in [-0.39, 0.29) is 11.9 Å². The highest BCUT2D eigenvalue weighted by atomic mass is 16.5. The van der Waals surface area contributed by atoms with E-state index in [1.54, 1.807) is 25.2 Å². The summed E-state index contributed by atoms with van der Waals surface area (Å²) in [6.45, 7) is 1.62. The molecule has 1 aromatic carbocycles. The predicted octanol–water partition coefficient (Wildman–Crippen LogP) is 3.63. The maximum absolute atomic E-state index is 12.7. The van der Waals surface area contributed by atoms with Crippen molar-refractivity contribution in [2.24, 2.45) is 5.41 Å². The van der Waals surface area contributed by atoms with Crippen LogP contribution in [0.25, 0.3) is 0 Å². The summed E-state index contributed by atoms with van der Waals surface area (Å²) in [6.07, 6.45) is 8.87. The molecule has 0 unspecified atom stereocenters. The molecule has 0 radical (unpaired) electrons. The number of likely N-dealkylation sites (tertiary alicyclic amines) is 1. The number of methoxy groups -OCH3 is 1. The highest BCUT2D eigenvalue weighted by Gasteiger charge is 2.36. The fourth-order valence-electron chi connectivity index (χ4n) is 4.26. The number of nitrogens with one attached hydrogen (secondary N) is 2. The summed E-state index contributed by atoms with van der Waals surface area (Å²) in [5, 5.41) is 5.52. The van der Waals surface area contributed by atoms with E-state index >= 15 is 0 Å². The Labute approximate surface area is 155 Å². The van der Waals surface area contributed by atoms with Crippen molar-refractivity contribution in [3.05, 3.63) is 23.8 Å². The molecule has 2 aliphatic rings. The lowest BCUT2D eigenvalue weighted by Crippen LogP contribution is -2.45. The second-order valence-corrected chi connectivity index (χ2v) is 7.47. The number of nitrogens with zero attached hydrogens (tertiary/aromatic N) is 1. The number of piperidine rings is 1. The second kappa shape index (κ2) is 7.98. The first-order valence-corrected chi connectivity index (χ1v) is 9.53. The molecule has 3 amide bonds. The number of hydrogen-bond donors (Lipinski definition) is 2. The molecule has 0 atom stereocenters. The highest BCUT2D eigenvalue weighted by Crippen LogP contribution is 2.44. The smallest absolute Gasteiger partial charge is 0.321 e. The van der Waals surface area contributed by atoms with Gasteiger partial charge in [-0.25, -0.2) is 4.79 Å². The van der Waals surface area contributed by atoms with Crippen LogP contribution in [-0.4, -0.2) is 44.1 Å². The Bertz CT molecular complexity index is 658. The third-order valence-corrected chi connectivity index (χ3v) is 5.96. The van der Waals surface area contributed by atoms with E-state index in [1.165, 1.54) is 39.2 Å². The first-order valence-electron chi connectivity index (χ1n) is 9.53. The van der Waals surface area contributed by atoms with Gasteiger partial charge in [-0.15, -0.1) is 0 Å². The van der Waals surface area contributed by atoms with Crippen LogP contribution in [0.5, 0.6) is 5.75 Å². The molecule has 3 rings (SSSR count). The average Bonchev–Trinajstić information content (AvgIpc) is 2.68. The number of carbonyl (C=O) groups excluding carboxylic acids is 2. The molecule has 2 fully saturated rings. The SMILES string of the molecule is CNC(=O)c1ccc(NC(=O)N2CCC3(CCCCC3)CC2)c(OC)c1. The second-order valence-electron chi connectivity index (χ2n) is 7.47. The van der Waals surface area contributed by atoms with Gasteiger partial charge in [0.1, 0.15) is 5.75 Å². The summed E-state index contributed by atoms with van der Waals surface area (Å²) in [5.74, 6) is 0.301. The summed E-state index contributed by atoms with van der Waals surface area (Å²) < 4.78 is 5.35. The number of urea groups is 1. The van der Waals surface area contributed by atoms with E-state index in [1.807, 2.05) is 4.90 Å². The molecule has 1 saturated carbocycles. The van der Waals surface area contributed by atoms with Crippen LogP contribution in [0.15, 0.2) is 18.2 Å². The zero-order valence-electron chi connectivity index (χ0n) is 15.8. The monoisotopic (exact) mass is 359 g/mol. The number of amides is 3. The molecule has 1 aromatic rings. The van der Waals surface area contributed by atoms with Crippen LogP contribution < -0.4 is 15.4 Å². The van der Waals surface area contributed by atoms with Gasteiger partial charge in [-0.3, -0.25) is 4.79 Å². The maximum Gasteiger partial charge on any atom is 0.321 e. The largest absolute Gasteiger partial charge is 0.495 e. The molecule has 0 aromatic heterocycles. The lowest BCUT2D eigenvalue weighted by atomic mass is 9.68. The number of rotatable bonds is 3. The normalized spacial score (nSPS) is 19.1. The van der Waals surface area contributed by atoms with Crippen LogP contribution in [0.3, 0.4) is 0 Å². The van der Waals surface area contributed by atoms with Crippen LogP contribution in [0, 0.1) is 5.41 Å². The molecule has 1 aliphatic heterocycles. The van der Waals surface area contributed by atoms with Crippen molar-refractivity contribution in [2.75, 3.05) is 32.6 Å². The van der Waals surface area contributed by atoms with Gasteiger partial charge >= 0.3 is 6.03 Å². The van der Waals surface area contributed by atoms with Gasteiger partial charge in [-0.1, -0.05) is 19.3 Å². The number of hydrogen-bond acceptors (Lipinski definition) is 3. The number of carbonyl (C=O) groups is 2. The molecule has 1 spiro atoms. The van der Waals surface area contributed by atoms with Crippen LogP contribution in [0.2, 0.25) is 0 Å². The zero-order valence-corrected chi connectivity index (χ0v) is 15.8. The van der Waals surface area contributed by atoms with E-state index in [0.717, 1.165) is 25.9 Å². The fraction of sp³-hybridized carbons (Fsp3) is 0.600. The van der Waals surface area contributed by atoms with Gasteiger partial charge in [-0.05, 0) is 49.3 Å². The van der Waals surface area contributed by atoms with Crippen molar-refractivity contribution in [1.29, 1.82) is 0 Å². The minimum atomic E-state index is -0.185. The number of ether oxygens (including phenoxy) is 1. The summed E-state index contributed by atoms with van der Waals surface area (Å²) in [5.41, 5.74) is 1.56.